The zero-order valence-corrected chi connectivity index (χ0v) is 15.4. The van der Waals surface area contributed by atoms with E-state index >= 15 is 0 Å². The lowest BCUT2D eigenvalue weighted by molar-refractivity contribution is -0.897. The first-order chi connectivity index (χ1) is 10.5. The Bertz CT molecular complexity index is 256. The fraction of sp³-hybridized carbons (Fsp3) is 0.947. The number of likely N-dealkylation sites (tertiary alicyclic amines) is 1. The van der Waals surface area contributed by atoms with Gasteiger partial charge in [0, 0.05) is 18.8 Å². The normalized spacial score (nSPS) is 16.1. The van der Waals surface area contributed by atoms with Crippen LogP contribution in [0.4, 0.5) is 0 Å². The minimum absolute atomic E-state index is 0.972. The number of carbonyl (C=O) groups excluding carboxylic acids is 1. The largest absolute Gasteiger partial charge is 0.550 e. The Morgan fingerprint density at radius 2 is 1.23 bits per heavy atom. The molecule has 0 spiro atoms. The summed E-state index contributed by atoms with van der Waals surface area (Å²) < 4.78 is 1.37. The maximum absolute atomic E-state index is 8.89. The first-order valence-electron chi connectivity index (χ1n) is 9.51. The van der Waals surface area contributed by atoms with E-state index in [4.69, 9.17) is 9.90 Å². The average molecular weight is 314 g/mol. The van der Waals surface area contributed by atoms with Crippen LogP contribution in [0.5, 0.6) is 0 Å². The van der Waals surface area contributed by atoms with Crippen LogP contribution in [0.1, 0.15) is 90.9 Å². The third kappa shape index (κ3) is 14.4. The van der Waals surface area contributed by atoms with Crippen LogP contribution in [-0.4, -0.2) is 37.1 Å². The van der Waals surface area contributed by atoms with E-state index in [1.54, 1.807) is 0 Å². The van der Waals surface area contributed by atoms with Crippen molar-refractivity contribution in [3.63, 3.8) is 0 Å². The minimum Gasteiger partial charge on any atom is -0.550 e. The summed E-state index contributed by atoms with van der Waals surface area (Å²) >= 11 is 0. The van der Waals surface area contributed by atoms with Crippen molar-refractivity contribution in [1.29, 1.82) is 0 Å². The Morgan fingerprint density at radius 3 is 1.64 bits per heavy atom. The summed E-state index contributed by atoms with van der Waals surface area (Å²) in [6.07, 6.45) is 17.5. The highest BCUT2D eigenvalue weighted by atomic mass is 16.4. The molecule has 0 aliphatic carbocycles. The van der Waals surface area contributed by atoms with Gasteiger partial charge in [-0.25, -0.2) is 0 Å². The molecule has 132 valence electrons. The Morgan fingerprint density at radius 1 is 0.864 bits per heavy atom. The van der Waals surface area contributed by atoms with Gasteiger partial charge in [-0.15, -0.1) is 0 Å². The molecule has 0 aromatic heterocycles. The molecule has 3 heteroatoms. The molecular formula is C19H39NO2. The van der Waals surface area contributed by atoms with E-state index in [9.17, 15) is 0 Å². The highest BCUT2D eigenvalue weighted by molar-refractivity contribution is 5.60. The molecule has 0 aromatic carbocycles. The second kappa shape index (κ2) is 14.0. The molecule has 0 radical (unpaired) electrons. The number of carboxylic acid groups (broad SMARTS) is 1. The number of carbonyl (C=O) groups is 1. The van der Waals surface area contributed by atoms with Gasteiger partial charge in [-0.1, -0.05) is 58.3 Å². The van der Waals surface area contributed by atoms with Gasteiger partial charge in [0.05, 0.1) is 26.7 Å². The summed E-state index contributed by atoms with van der Waals surface area (Å²) in [4.78, 5) is 8.89. The highest BCUT2D eigenvalue weighted by Crippen LogP contribution is 2.18. The van der Waals surface area contributed by atoms with Crippen molar-refractivity contribution in [2.24, 2.45) is 0 Å². The van der Waals surface area contributed by atoms with Gasteiger partial charge in [0.1, 0.15) is 0 Å². The summed E-state index contributed by atoms with van der Waals surface area (Å²) in [5.74, 6) is -1.08. The predicted octanol–water partition coefficient (Wildman–Crippen LogP) is 3.90. The number of hydrogen-bond donors (Lipinski definition) is 0. The zero-order chi connectivity index (χ0) is 16.7. The second-order valence-corrected chi connectivity index (χ2v) is 7.17. The molecule has 1 saturated heterocycles. The number of carboxylic acids is 1. The number of nitrogens with zero attached hydrogens (tertiary/aromatic N) is 1. The monoisotopic (exact) mass is 313 g/mol. The fourth-order valence-corrected chi connectivity index (χ4v) is 3.30. The van der Waals surface area contributed by atoms with Crippen molar-refractivity contribution in [1.82, 2.24) is 0 Å². The van der Waals surface area contributed by atoms with E-state index in [1.807, 2.05) is 0 Å². The summed E-state index contributed by atoms with van der Waals surface area (Å²) in [6.45, 7) is 7.59. The second-order valence-electron chi connectivity index (χ2n) is 7.17. The van der Waals surface area contributed by atoms with Gasteiger partial charge in [0.25, 0.3) is 0 Å². The van der Waals surface area contributed by atoms with Gasteiger partial charge in [-0.05, 0) is 19.8 Å². The maximum atomic E-state index is 8.89. The Labute approximate surface area is 138 Å². The molecule has 1 rings (SSSR count). The molecular weight excluding hydrogens is 274 g/mol. The molecule has 0 amide bonds. The van der Waals surface area contributed by atoms with Gasteiger partial charge < -0.3 is 14.4 Å². The van der Waals surface area contributed by atoms with Crippen molar-refractivity contribution in [3.05, 3.63) is 0 Å². The third-order valence-electron chi connectivity index (χ3n) is 4.70. The summed E-state index contributed by atoms with van der Waals surface area (Å²) in [5, 5.41) is 8.89. The van der Waals surface area contributed by atoms with E-state index < -0.39 is 5.97 Å². The van der Waals surface area contributed by atoms with Crippen LogP contribution >= 0.6 is 0 Å². The Kier molecular flexibility index (Phi) is 13.7. The smallest absolute Gasteiger partial charge is 0.0786 e. The lowest BCUT2D eigenvalue weighted by Crippen LogP contribution is -2.41. The molecule has 0 bridgehead atoms. The Hall–Kier alpha value is -0.570. The van der Waals surface area contributed by atoms with Crippen LogP contribution in [-0.2, 0) is 4.79 Å². The number of aliphatic carboxylic acids is 1. The van der Waals surface area contributed by atoms with Gasteiger partial charge in [0.2, 0.25) is 0 Å². The van der Waals surface area contributed by atoms with Crippen molar-refractivity contribution in [2.75, 3.05) is 26.7 Å². The van der Waals surface area contributed by atoms with Gasteiger partial charge in [-0.3, -0.25) is 0 Å². The quantitative estimate of drug-likeness (QED) is 0.429. The van der Waals surface area contributed by atoms with Gasteiger partial charge in [-0.2, -0.15) is 0 Å². The molecule has 0 atom stereocenters. The highest BCUT2D eigenvalue weighted by Gasteiger charge is 2.25. The van der Waals surface area contributed by atoms with E-state index in [2.05, 4.69) is 14.0 Å². The first kappa shape index (κ1) is 21.4. The third-order valence-corrected chi connectivity index (χ3v) is 4.70. The molecule has 0 unspecified atom stereocenters. The zero-order valence-electron chi connectivity index (χ0n) is 15.4. The molecule has 1 aliphatic rings. The molecule has 1 heterocycles. The van der Waals surface area contributed by atoms with Crippen molar-refractivity contribution >= 4 is 5.97 Å². The van der Waals surface area contributed by atoms with Crippen LogP contribution < -0.4 is 5.11 Å². The van der Waals surface area contributed by atoms with E-state index in [0.717, 1.165) is 6.92 Å². The number of quaternary nitrogens is 1. The fourth-order valence-electron chi connectivity index (χ4n) is 3.30. The SMILES string of the molecule is CC(=O)[O-].CCCCCCCCCCCC[N+]1(C)CCCC1. The van der Waals surface area contributed by atoms with Crippen LogP contribution in [0, 0.1) is 0 Å². The van der Waals surface area contributed by atoms with Crippen LogP contribution in [0.3, 0.4) is 0 Å². The van der Waals surface area contributed by atoms with E-state index in [-0.39, 0.29) is 0 Å². The van der Waals surface area contributed by atoms with Gasteiger partial charge >= 0.3 is 0 Å². The lowest BCUT2D eigenvalue weighted by atomic mass is 10.1. The topological polar surface area (TPSA) is 40.1 Å². The summed E-state index contributed by atoms with van der Waals surface area (Å²) in [7, 11) is 2.46. The lowest BCUT2D eigenvalue weighted by Gasteiger charge is -2.29. The van der Waals surface area contributed by atoms with E-state index in [0.29, 0.717) is 0 Å². The van der Waals surface area contributed by atoms with E-state index in [1.165, 1.54) is 101 Å². The van der Waals surface area contributed by atoms with Crippen LogP contribution in [0.2, 0.25) is 0 Å². The van der Waals surface area contributed by atoms with Gasteiger partial charge in [0.15, 0.2) is 0 Å². The van der Waals surface area contributed by atoms with Crippen LogP contribution in [0.15, 0.2) is 0 Å². The molecule has 22 heavy (non-hydrogen) atoms. The maximum Gasteiger partial charge on any atom is 0.0786 e. The summed E-state index contributed by atoms with van der Waals surface area (Å²) in [5.41, 5.74) is 0. The average Bonchev–Trinajstić information content (AvgIpc) is 2.87. The standard InChI is InChI=1S/C17H36N.C2H4O2/c1-3-4-5-6-7-8-9-10-11-12-15-18(2)16-13-14-17-18;1-2(3)4/h3-17H2,1-2H3;1H3,(H,3,4)/q+1;/p-1. The molecule has 1 fully saturated rings. The van der Waals surface area contributed by atoms with Crippen molar-refractivity contribution in [3.8, 4) is 0 Å². The van der Waals surface area contributed by atoms with Crippen LogP contribution in [0.25, 0.3) is 0 Å². The summed E-state index contributed by atoms with van der Waals surface area (Å²) in [6, 6.07) is 0. The molecule has 0 aromatic rings. The molecule has 1 aliphatic heterocycles. The van der Waals surface area contributed by atoms with Crippen molar-refractivity contribution in [2.45, 2.75) is 90.9 Å². The predicted molar refractivity (Wildman–Crippen MR) is 92.5 cm³/mol. The number of hydrogen-bond acceptors (Lipinski definition) is 2. The molecule has 0 saturated carbocycles. The first-order valence-corrected chi connectivity index (χ1v) is 9.51. The Balaban J connectivity index is 0.000000980. The molecule has 3 nitrogen and oxygen atoms in total. The van der Waals surface area contributed by atoms with Crippen molar-refractivity contribution < 1.29 is 14.4 Å². The minimum atomic E-state index is -1.08. The number of rotatable bonds is 11. The number of unbranched alkanes of at least 4 members (excludes halogenated alkanes) is 9. The molecule has 0 N–H and O–H groups in total.